The van der Waals surface area contributed by atoms with E-state index >= 15 is 0 Å². The molecule has 0 heterocycles. The van der Waals surface area contributed by atoms with Gasteiger partial charge in [0.2, 0.25) is 5.76 Å². The summed E-state index contributed by atoms with van der Waals surface area (Å²) in [4.78, 5) is 12.0. The van der Waals surface area contributed by atoms with Crippen molar-refractivity contribution in [1.29, 1.82) is 0 Å². The lowest BCUT2D eigenvalue weighted by molar-refractivity contribution is -0.143. The molecule has 0 bridgehead atoms. The molecule has 0 saturated heterocycles. The van der Waals surface area contributed by atoms with Gasteiger partial charge in [0.05, 0.1) is 13.2 Å². The van der Waals surface area contributed by atoms with Crippen LogP contribution in [0, 0.1) is 0 Å². The molecule has 0 aliphatic rings. The first-order valence-electron chi connectivity index (χ1n) is 7.48. The van der Waals surface area contributed by atoms with Gasteiger partial charge in [0.15, 0.2) is 0 Å². The normalized spacial score (nSPS) is 11.2. The van der Waals surface area contributed by atoms with Crippen molar-refractivity contribution in [2.45, 2.75) is 39.5 Å². The van der Waals surface area contributed by atoms with Gasteiger partial charge >= 0.3 is 5.97 Å². The largest absolute Gasteiger partial charge is 0.508 e. The molecule has 21 heavy (non-hydrogen) atoms. The van der Waals surface area contributed by atoms with Crippen molar-refractivity contribution in [3.8, 4) is 5.75 Å². The van der Waals surface area contributed by atoms with E-state index in [1.807, 2.05) is 6.92 Å². The van der Waals surface area contributed by atoms with E-state index in [4.69, 9.17) is 9.47 Å². The number of phenolic OH excluding ortho intramolecular Hbond substituents is 1. The zero-order chi connectivity index (χ0) is 15.5. The molecule has 0 saturated carbocycles. The molecule has 0 unspecified atom stereocenters. The van der Waals surface area contributed by atoms with Crippen LogP contribution in [0.3, 0.4) is 0 Å². The Hall–Kier alpha value is -1.97. The zero-order valence-corrected chi connectivity index (χ0v) is 12.8. The van der Waals surface area contributed by atoms with Gasteiger partial charge in [-0.2, -0.15) is 0 Å². The van der Waals surface area contributed by atoms with Gasteiger partial charge in [-0.05, 0) is 36.6 Å². The molecule has 0 radical (unpaired) electrons. The SMILES string of the molecule is CCCCOC(=O)C(=Cc1ccc(O)cc1)OCCCC. The highest BCUT2D eigenvalue weighted by atomic mass is 16.6. The first kappa shape index (κ1) is 17.1. The number of aromatic hydroxyl groups is 1. The van der Waals surface area contributed by atoms with Crippen LogP contribution in [0.5, 0.6) is 5.75 Å². The van der Waals surface area contributed by atoms with Crippen molar-refractivity contribution in [3.05, 3.63) is 35.6 Å². The van der Waals surface area contributed by atoms with E-state index in [1.165, 1.54) is 0 Å². The minimum atomic E-state index is -0.437. The van der Waals surface area contributed by atoms with Crippen molar-refractivity contribution in [1.82, 2.24) is 0 Å². The van der Waals surface area contributed by atoms with Gasteiger partial charge in [-0.25, -0.2) is 4.79 Å². The third-order valence-electron chi connectivity index (χ3n) is 2.88. The summed E-state index contributed by atoms with van der Waals surface area (Å²) in [5.74, 6) is -0.0380. The molecule has 0 fully saturated rings. The predicted molar refractivity (Wildman–Crippen MR) is 82.8 cm³/mol. The number of benzene rings is 1. The van der Waals surface area contributed by atoms with E-state index in [2.05, 4.69) is 6.92 Å². The molecule has 4 nitrogen and oxygen atoms in total. The molecule has 0 aliphatic heterocycles. The molecule has 0 spiro atoms. The van der Waals surface area contributed by atoms with Crippen LogP contribution in [-0.2, 0) is 14.3 Å². The van der Waals surface area contributed by atoms with Crippen molar-refractivity contribution in [3.63, 3.8) is 0 Å². The lowest BCUT2D eigenvalue weighted by Crippen LogP contribution is -2.12. The minimum absolute atomic E-state index is 0.186. The second kappa shape index (κ2) is 9.86. The fourth-order valence-electron chi connectivity index (χ4n) is 1.59. The zero-order valence-electron chi connectivity index (χ0n) is 12.8. The highest BCUT2D eigenvalue weighted by Gasteiger charge is 2.12. The highest BCUT2D eigenvalue weighted by molar-refractivity contribution is 5.91. The first-order valence-corrected chi connectivity index (χ1v) is 7.48. The molecular formula is C17H24O4. The van der Waals surface area contributed by atoms with Gasteiger partial charge in [-0.15, -0.1) is 0 Å². The summed E-state index contributed by atoms with van der Waals surface area (Å²) in [5, 5.41) is 9.27. The Morgan fingerprint density at radius 2 is 1.62 bits per heavy atom. The standard InChI is InChI=1S/C17H24O4/c1-3-5-11-20-16(17(19)21-12-6-4-2)13-14-7-9-15(18)10-8-14/h7-10,13,18H,3-6,11-12H2,1-2H3. The number of hydrogen-bond acceptors (Lipinski definition) is 4. The third-order valence-corrected chi connectivity index (χ3v) is 2.88. The smallest absolute Gasteiger partial charge is 0.373 e. The molecule has 1 N–H and O–H groups in total. The number of phenols is 1. The van der Waals surface area contributed by atoms with Gasteiger partial charge in [-0.1, -0.05) is 38.8 Å². The number of hydrogen-bond donors (Lipinski definition) is 1. The molecule has 0 amide bonds. The Morgan fingerprint density at radius 3 is 2.19 bits per heavy atom. The summed E-state index contributed by atoms with van der Waals surface area (Å²) < 4.78 is 10.7. The van der Waals surface area contributed by atoms with Gasteiger partial charge in [0.1, 0.15) is 5.75 Å². The van der Waals surface area contributed by atoms with E-state index < -0.39 is 5.97 Å². The molecule has 0 atom stereocenters. The van der Waals surface area contributed by atoms with Gasteiger partial charge in [-0.3, -0.25) is 0 Å². The molecule has 1 aromatic carbocycles. The van der Waals surface area contributed by atoms with Crippen LogP contribution in [0.15, 0.2) is 30.0 Å². The van der Waals surface area contributed by atoms with Crippen LogP contribution in [-0.4, -0.2) is 24.3 Å². The summed E-state index contributed by atoms with van der Waals surface area (Å²) in [6, 6.07) is 6.57. The Balaban J connectivity index is 2.74. The predicted octanol–water partition coefficient (Wildman–Crippen LogP) is 3.89. The number of esters is 1. The lowest BCUT2D eigenvalue weighted by atomic mass is 10.2. The monoisotopic (exact) mass is 292 g/mol. The van der Waals surface area contributed by atoms with Crippen molar-refractivity contribution < 1.29 is 19.4 Å². The van der Waals surface area contributed by atoms with Crippen LogP contribution >= 0.6 is 0 Å². The number of carbonyl (C=O) groups excluding carboxylic acids is 1. The van der Waals surface area contributed by atoms with Crippen molar-refractivity contribution in [2.75, 3.05) is 13.2 Å². The minimum Gasteiger partial charge on any atom is -0.508 e. The summed E-state index contributed by atoms with van der Waals surface area (Å²) in [7, 11) is 0. The molecule has 4 heteroatoms. The van der Waals surface area contributed by atoms with Crippen molar-refractivity contribution >= 4 is 12.0 Å². The maximum Gasteiger partial charge on any atom is 0.373 e. The average molecular weight is 292 g/mol. The van der Waals surface area contributed by atoms with Crippen LogP contribution in [0.4, 0.5) is 0 Å². The number of carbonyl (C=O) groups is 1. The first-order chi connectivity index (χ1) is 10.2. The van der Waals surface area contributed by atoms with Crippen LogP contribution in [0.25, 0.3) is 6.08 Å². The molecule has 0 aliphatic carbocycles. The van der Waals surface area contributed by atoms with E-state index in [1.54, 1.807) is 30.3 Å². The Morgan fingerprint density at radius 1 is 1.05 bits per heavy atom. The number of ether oxygens (including phenoxy) is 2. The van der Waals surface area contributed by atoms with E-state index in [-0.39, 0.29) is 11.5 Å². The fraction of sp³-hybridized carbons (Fsp3) is 0.471. The third kappa shape index (κ3) is 6.84. The molecule has 1 aromatic rings. The second-order valence-electron chi connectivity index (χ2n) is 4.79. The quantitative estimate of drug-likeness (QED) is 0.325. The van der Waals surface area contributed by atoms with E-state index in [9.17, 15) is 9.90 Å². The van der Waals surface area contributed by atoms with Gasteiger partial charge in [0.25, 0.3) is 0 Å². The summed E-state index contributed by atoms with van der Waals surface area (Å²) >= 11 is 0. The maximum absolute atomic E-state index is 12.0. The Bertz CT molecular complexity index is 448. The topological polar surface area (TPSA) is 55.8 Å². The molecule has 116 valence electrons. The molecular weight excluding hydrogens is 268 g/mol. The number of rotatable bonds is 9. The summed E-state index contributed by atoms with van der Waals surface area (Å²) in [6.45, 7) is 4.99. The fourth-order valence-corrected chi connectivity index (χ4v) is 1.59. The molecule has 0 aromatic heterocycles. The van der Waals surface area contributed by atoms with Crippen molar-refractivity contribution in [2.24, 2.45) is 0 Å². The van der Waals surface area contributed by atoms with E-state index in [0.717, 1.165) is 31.2 Å². The van der Waals surface area contributed by atoms with E-state index in [0.29, 0.717) is 13.2 Å². The van der Waals surface area contributed by atoms with Crippen LogP contribution in [0.1, 0.15) is 45.1 Å². The Labute approximate surface area is 126 Å². The second-order valence-corrected chi connectivity index (χ2v) is 4.79. The Kier molecular flexibility index (Phi) is 8.02. The van der Waals surface area contributed by atoms with Crippen LogP contribution in [0.2, 0.25) is 0 Å². The molecule has 1 rings (SSSR count). The maximum atomic E-state index is 12.0. The summed E-state index contributed by atoms with van der Waals surface area (Å²) in [6.07, 6.45) is 5.34. The van der Waals surface area contributed by atoms with Gasteiger partial charge in [0, 0.05) is 0 Å². The highest BCUT2D eigenvalue weighted by Crippen LogP contribution is 2.14. The average Bonchev–Trinajstić information content (AvgIpc) is 2.48. The number of unbranched alkanes of at least 4 members (excludes halogenated alkanes) is 2. The van der Waals surface area contributed by atoms with Crippen LogP contribution < -0.4 is 0 Å². The lowest BCUT2D eigenvalue weighted by Gasteiger charge is -2.10. The summed E-state index contributed by atoms with van der Waals surface area (Å²) in [5.41, 5.74) is 0.784. The van der Waals surface area contributed by atoms with Gasteiger partial charge < -0.3 is 14.6 Å².